The summed E-state index contributed by atoms with van der Waals surface area (Å²) < 4.78 is 10.7. The lowest BCUT2D eigenvalue weighted by molar-refractivity contribution is -0.385. The molecule has 0 unspecified atom stereocenters. The summed E-state index contributed by atoms with van der Waals surface area (Å²) in [4.78, 5) is 25.3. The Kier molecular flexibility index (Phi) is 7.48. The second-order valence-corrected chi connectivity index (χ2v) is 5.00. The number of nitrogens with zero attached hydrogens (tertiary/aromatic N) is 2. The minimum Gasteiger partial charge on any atom is -0.374 e. The summed E-state index contributed by atoms with van der Waals surface area (Å²) in [5.74, 6) is 0. The predicted octanol–water partition coefficient (Wildman–Crippen LogP) is 3.56. The van der Waals surface area contributed by atoms with Crippen LogP contribution in [0.15, 0.2) is 59.9 Å². The van der Waals surface area contributed by atoms with Crippen molar-refractivity contribution < 1.29 is 19.2 Å². The molecule has 0 aliphatic heterocycles. The molecule has 131 valence electrons. The third-order valence-electron chi connectivity index (χ3n) is 3.31. The maximum absolute atomic E-state index is 10.9. The van der Waals surface area contributed by atoms with Crippen molar-refractivity contribution in [3.63, 3.8) is 0 Å². The number of para-hydroxylation sites is 1. The average Bonchev–Trinajstić information content (AvgIpc) is 2.64. The van der Waals surface area contributed by atoms with Crippen LogP contribution in [0.5, 0.6) is 0 Å². The Balaban J connectivity index is 1.77. The largest absolute Gasteiger partial charge is 0.374 e. The molecule has 0 saturated carbocycles. The predicted molar refractivity (Wildman–Crippen MR) is 89.0 cm³/mol. The fourth-order valence-corrected chi connectivity index (χ4v) is 2.11. The standard InChI is InChI=1S/C17H17N2O6/c20-18-25-17(24-12-14-6-2-1-3-7-14)13-23-11-10-15-8-4-5-9-16(15)19(21)22/h1-9H,10-13H2. The van der Waals surface area contributed by atoms with E-state index in [9.17, 15) is 15.0 Å². The van der Waals surface area contributed by atoms with Gasteiger partial charge in [0.05, 0.1) is 18.1 Å². The summed E-state index contributed by atoms with van der Waals surface area (Å²) >= 11 is 0. The van der Waals surface area contributed by atoms with Crippen LogP contribution >= 0.6 is 0 Å². The van der Waals surface area contributed by atoms with Gasteiger partial charge in [0.15, 0.2) is 5.34 Å². The fraction of sp³-hybridized carbons (Fsp3) is 0.235. The molecule has 8 nitrogen and oxygen atoms in total. The van der Waals surface area contributed by atoms with Crippen LogP contribution in [0.3, 0.4) is 0 Å². The van der Waals surface area contributed by atoms with Gasteiger partial charge in [-0.3, -0.25) is 10.1 Å². The Hall–Kier alpha value is -2.84. The molecular formula is C17H17N2O6. The number of rotatable bonds is 11. The Bertz CT molecular complexity index is 680. The van der Waals surface area contributed by atoms with E-state index in [0.29, 0.717) is 12.0 Å². The Morgan fingerprint density at radius 2 is 1.80 bits per heavy atom. The van der Waals surface area contributed by atoms with Gasteiger partial charge in [0.1, 0.15) is 6.61 Å². The highest BCUT2D eigenvalue weighted by molar-refractivity contribution is 5.39. The smallest absolute Gasteiger partial charge is 0.334 e. The van der Waals surface area contributed by atoms with Crippen molar-refractivity contribution in [1.29, 1.82) is 0 Å². The first kappa shape index (κ1) is 18.5. The fourth-order valence-electron chi connectivity index (χ4n) is 2.11. The van der Waals surface area contributed by atoms with Gasteiger partial charge in [-0.15, -0.1) is 4.91 Å². The van der Waals surface area contributed by atoms with Crippen molar-refractivity contribution >= 4 is 5.69 Å². The Morgan fingerprint density at radius 1 is 1.08 bits per heavy atom. The number of ether oxygens (including phenoxy) is 2. The van der Waals surface area contributed by atoms with Gasteiger partial charge in [-0.2, -0.15) is 0 Å². The van der Waals surface area contributed by atoms with Gasteiger partial charge >= 0.3 is 6.29 Å². The van der Waals surface area contributed by atoms with E-state index in [4.69, 9.17) is 9.47 Å². The molecule has 2 aromatic carbocycles. The topological polar surface area (TPSA) is 100 Å². The molecule has 0 N–H and O–H groups in total. The zero-order valence-corrected chi connectivity index (χ0v) is 13.4. The van der Waals surface area contributed by atoms with Gasteiger partial charge in [-0.25, -0.2) is 0 Å². The lowest BCUT2D eigenvalue weighted by Gasteiger charge is -2.12. The molecule has 1 radical (unpaired) electrons. The van der Waals surface area contributed by atoms with Crippen molar-refractivity contribution in [2.75, 3.05) is 13.2 Å². The van der Waals surface area contributed by atoms with Gasteiger partial charge in [0, 0.05) is 18.1 Å². The number of hydrogen-bond acceptors (Lipinski definition) is 7. The molecule has 2 rings (SSSR count). The van der Waals surface area contributed by atoms with E-state index in [1.54, 1.807) is 18.2 Å². The monoisotopic (exact) mass is 345 g/mol. The molecule has 2 aromatic rings. The van der Waals surface area contributed by atoms with Crippen molar-refractivity contribution in [2.24, 2.45) is 5.34 Å². The minimum atomic E-state index is -0.435. The van der Waals surface area contributed by atoms with Crippen molar-refractivity contribution in [1.82, 2.24) is 0 Å². The van der Waals surface area contributed by atoms with Crippen LogP contribution in [0.4, 0.5) is 5.69 Å². The molecule has 0 amide bonds. The van der Waals surface area contributed by atoms with E-state index in [0.717, 1.165) is 5.56 Å². The SMILES string of the molecule is O=NO[C](COCCc1ccccc1[N+](=O)[O-])OCc1ccccc1. The molecule has 0 fully saturated rings. The Labute approximate surface area is 144 Å². The third kappa shape index (κ3) is 6.28. The molecule has 8 heteroatoms. The van der Waals surface area contributed by atoms with E-state index in [1.165, 1.54) is 6.07 Å². The lowest BCUT2D eigenvalue weighted by atomic mass is 10.1. The number of benzene rings is 2. The third-order valence-corrected chi connectivity index (χ3v) is 3.31. The minimum absolute atomic E-state index is 0.0430. The van der Waals surface area contributed by atoms with Gasteiger partial charge < -0.3 is 14.3 Å². The Morgan fingerprint density at radius 3 is 2.52 bits per heavy atom. The highest BCUT2D eigenvalue weighted by Crippen LogP contribution is 2.18. The van der Waals surface area contributed by atoms with E-state index in [2.05, 4.69) is 10.2 Å². The first-order chi connectivity index (χ1) is 12.2. The summed E-state index contributed by atoms with van der Waals surface area (Å²) in [7, 11) is 0. The van der Waals surface area contributed by atoms with Crippen molar-refractivity contribution in [3.8, 4) is 0 Å². The maximum Gasteiger partial charge on any atom is 0.334 e. The summed E-state index contributed by atoms with van der Waals surface area (Å²) in [6.45, 7) is 0.309. The van der Waals surface area contributed by atoms with Gasteiger partial charge in [0.2, 0.25) is 0 Å². The molecule has 25 heavy (non-hydrogen) atoms. The van der Waals surface area contributed by atoms with Gasteiger partial charge in [-0.1, -0.05) is 48.5 Å². The summed E-state index contributed by atoms with van der Waals surface area (Å²) in [5.41, 5.74) is 1.50. The first-order valence-corrected chi connectivity index (χ1v) is 7.53. The summed E-state index contributed by atoms with van der Waals surface area (Å²) in [6.07, 6.45) is 0.277. The van der Waals surface area contributed by atoms with Crippen molar-refractivity contribution in [2.45, 2.75) is 13.0 Å². The molecule has 0 aliphatic rings. The molecule has 0 atom stereocenters. The van der Waals surface area contributed by atoms with Gasteiger partial charge in [-0.05, 0) is 5.56 Å². The van der Waals surface area contributed by atoms with E-state index in [1.807, 2.05) is 30.3 Å². The van der Waals surface area contributed by atoms with E-state index in [-0.39, 0.29) is 31.8 Å². The lowest BCUT2D eigenvalue weighted by Crippen LogP contribution is -2.14. The van der Waals surface area contributed by atoms with Crippen LogP contribution in [0, 0.1) is 21.3 Å². The van der Waals surface area contributed by atoms with E-state index >= 15 is 0 Å². The maximum atomic E-state index is 10.9. The quantitative estimate of drug-likeness (QED) is 0.267. The molecule has 0 saturated heterocycles. The first-order valence-electron chi connectivity index (χ1n) is 7.53. The second-order valence-electron chi connectivity index (χ2n) is 5.00. The molecule has 0 bridgehead atoms. The highest BCUT2D eigenvalue weighted by Gasteiger charge is 2.16. The molecule has 0 spiro atoms. The number of nitro groups is 1. The van der Waals surface area contributed by atoms with Crippen LogP contribution in [0.25, 0.3) is 0 Å². The number of hydrogen-bond donors (Lipinski definition) is 0. The van der Waals surface area contributed by atoms with Crippen LogP contribution in [0.1, 0.15) is 11.1 Å². The van der Waals surface area contributed by atoms with Gasteiger partial charge in [0.25, 0.3) is 5.69 Å². The second kappa shape index (κ2) is 10.1. The van der Waals surface area contributed by atoms with Crippen LogP contribution in [-0.4, -0.2) is 18.1 Å². The van der Waals surface area contributed by atoms with Crippen LogP contribution in [-0.2, 0) is 27.3 Å². The van der Waals surface area contributed by atoms with E-state index < -0.39 is 4.92 Å². The zero-order valence-electron chi connectivity index (χ0n) is 13.4. The number of nitro benzene ring substituents is 1. The summed E-state index contributed by atoms with van der Waals surface area (Å²) in [6, 6.07) is 15.8. The highest BCUT2D eigenvalue weighted by atomic mass is 16.8. The molecule has 0 aromatic heterocycles. The molecular weight excluding hydrogens is 328 g/mol. The van der Waals surface area contributed by atoms with Crippen molar-refractivity contribution in [3.05, 3.63) is 87.0 Å². The summed E-state index contributed by atoms with van der Waals surface area (Å²) in [5, 5.41) is 13.3. The normalized spacial score (nSPS) is 10.6. The molecule has 0 heterocycles. The average molecular weight is 345 g/mol. The van der Waals surface area contributed by atoms with Crippen LogP contribution < -0.4 is 0 Å². The molecule has 0 aliphatic carbocycles. The van der Waals surface area contributed by atoms with Crippen LogP contribution in [0.2, 0.25) is 0 Å². The zero-order chi connectivity index (χ0) is 17.9.